The molecule has 0 aliphatic carbocycles. The highest BCUT2D eigenvalue weighted by atomic mass is 16.5. The molecule has 4 heteroatoms. The molecule has 1 aliphatic heterocycles. The van der Waals surface area contributed by atoms with E-state index in [-0.39, 0.29) is 6.42 Å². The summed E-state index contributed by atoms with van der Waals surface area (Å²) in [6, 6.07) is 6.03. The molecule has 0 saturated carbocycles. The van der Waals surface area contributed by atoms with Gasteiger partial charge in [0.1, 0.15) is 5.75 Å². The molecule has 0 amide bonds. The van der Waals surface area contributed by atoms with Gasteiger partial charge in [-0.05, 0) is 37.6 Å². The molecule has 0 saturated heterocycles. The summed E-state index contributed by atoms with van der Waals surface area (Å²) in [5, 5.41) is 8.95. The number of carbonyl (C=O) groups is 1. The highest BCUT2D eigenvalue weighted by Crippen LogP contribution is 2.32. The van der Waals surface area contributed by atoms with Crippen molar-refractivity contribution in [1.82, 2.24) is 0 Å². The number of aliphatic carboxylic acids is 1. The van der Waals surface area contributed by atoms with Gasteiger partial charge >= 0.3 is 5.97 Å². The Kier molecular flexibility index (Phi) is 3.20. The molecule has 0 radical (unpaired) electrons. The molecule has 18 heavy (non-hydrogen) atoms. The second-order valence-corrected chi connectivity index (χ2v) is 5.33. The number of hydrogen-bond acceptors (Lipinski definition) is 3. The molecular weight excluding hydrogens is 230 g/mol. The van der Waals surface area contributed by atoms with Gasteiger partial charge in [0.25, 0.3) is 0 Å². The van der Waals surface area contributed by atoms with E-state index in [1.165, 1.54) is 5.56 Å². The molecule has 0 bridgehead atoms. The Morgan fingerprint density at radius 3 is 2.89 bits per heavy atom. The second kappa shape index (κ2) is 4.52. The lowest BCUT2D eigenvalue weighted by Gasteiger charge is -2.36. The van der Waals surface area contributed by atoms with Crippen molar-refractivity contribution in [1.29, 1.82) is 0 Å². The average Bonchev–Trinajstić information content (AvgIpc) is 2.72. The molecule has 1 heterocycles. The molecule has 4 nitrogen and oxygen atoms in total. The Morgan fingerprint density at radius 1 is 1.50 bits per heavy atom. The van der Waals surface area contributed by atoms with E-state index < -0.39 is 11.5 Å². The average molecular weight is 249 g/mol. The maximum absolute atomic E-state index is 10.9. The fraction of sp³-hybridized carbons (Fsp3) is 0.500. The maximum Gasteiger partial charge on any atom is 0.305 e. The lowest BCUT2D eigenvalue weighted by atomic mass is 9.97. The number of ether oxygens (including phenoxy) is 1. The van der Waals surface area contributed by atoms with Crippen molar-refractivity contribution in [3.8, 4) is 5.75 Å². The minimum absolute atomic E-state index is 0.108. The molecule has 1 aromatic carbocycles. The van der Waals surface area contributed by atoms with Crippen LogP contribution in [0.25, 0.3) is 0 Å². The number of fused-ring (bicyclic) bond motifs is 1. The summed E-state index contributed by atoms with van der Waals surface area (Å²) >= 11 is 0. The maximum atomic E-state index is 10.9. The van der Waals surface area contributed by atoms with Gasteiger partial charge in [0.15, 0.2) is 0 Å². The summed E-state index contributed by atoms with van der Waals surface area (Å²) < 4.78 is 5.47. The molecule has 0 unspecified atom stereocenters. The van der Waals surface area contributed by atoms with Crippen molar-refractivity contribution in [2.24, 2.45) is 0 Å². The SMILES string of the molecule is CN(c1ccc2c(c1)CCO2)C(C)(C)CC(=O)O. The minimum atomic E-state index is -0.781. The van der Waals surface area contributed by atoms with Gasteiger partial charge in [0.05, 0.1) is 13.0 Å². The first-order chi connectivity index (χ1) is 8.40. The van der Waals surface area contributed by atoms with E-state index in [9.17, 15) is 4.79 Å². The molecular formula is C14H19NO3. The first kappa shape index (κ1) is 12.7. The molecule has 0 aromatic heterocycles. The highest BCUT2D eigenvalue weighted by Gasteiger charge is 2.27. The van der Waals surface area contributed by atoms with Gasteiger partial charge in [-0.3, -0.25) is 4.79 Å². The third kappa shape index (κ3) is 2.42. The van der Waals surface area contributed by atoms with Crippen LogP contribution in [0.4, 0.5) is 5.69 Å². The number of benzene rings is 1. The van der Waals surface area contributed by atoms with Crippen LogP contribution in [-0.2, 0) is 11.2 Å². The Hall–Kier alpha value is -1.71. The highest BCUT2D eigenvalue weighted by molar-refractivity contribution is 5.69. The normalized spacial score (nSPS) is 13.9. The van der Waals surface area contributed by atoms with Crippen LogP contribution < -0.4 is 9.64 Å². The van der Waals surface area contributed by atoms with Crippen molar-refractivity contribution >= 4 is 11.7 Å². The standard InChI is InChI=1S/C14H19NO3/c1-14(2,9-13(16)17)15(3)11-4-5-12-10(8-11)6-7-18-12/h4-5,8H,6-7,9H2,1-3H3,(H,16,17). The number of rotatable bonds is 4. The summed E-state index contributed by atoms with van der Waals surface area (Å²) in [6.07, 6.45) is 1.04. The molecule has 0 fully saturated rings. The molecule has 0 spiro atoms. The number of hydrogen-bond donors (Lipinski definition) is 1. The fourth-order valence-corrected chi connectivity index (χ4v) is 2.22. The van der Waals surface area contributed by atoms with Crippen molar-refractivity contribution in [3.63, 3.8) is 0 Å². The largest absolute Gasteiger partial charge is 0.493 e. The molecule has 1 N–H and O–H groups in total. The summed E-state index contributed by atoms with van der Waals surface area (Å²) in [6.45, 7) is 4.61. The van der Waals surface area contributed by atoms with E-state index in [4.69, 9.17) is 9.84 Å². The smallest absolute Gasteiger partial charge is 0.305 e. The van der Waals surface area contributed by atoms with E-state index >= 15 is 0 Å². The number of anilines is 1. The van der Waals surface area contributed by atoms with Crippen molar-refractivity contribution in [2.45, 2.75) is 32.2 Å². The van der Waals surface area contributed by atoms with E-state index in [0.29, 0.717) is 0 Å². The van der Waals surface area contributed by atoms with Gasteiger partial charge in [-0.2, -0.15) is 0 Å². The Balaban J connectivity index is 2.23. The van der Waals surface area contributed by atoms with Crippen LogP contribution in [-0.4, -0.2) is 30.3 Å². The van der Waals surface area contributed by atoms with Crippen LogP contribution in [0.2, 0.25) is 0 Å². The zero-order valence-corrected chi connectivity index (χ0v) is 11.1. The Morgan fingerprint density at radius 2 is 2.22 bits per heavy atom. The van der Waals surface area contributed by atoms with Crippen LogP contribution in [0.15, 0.2) is 18.2 Å². The van der Waals surface area contributed by atoms with Crippen molar-refractivity contribution in [3.05, 3.63) is 23.8 Å². The van der Waals surface area contributed by atoms with Gasteiger partial charge in [-0.25, -0.2) is 0 Å². The topological polar surface area (TPSA) is 49.8 Å². The molecule has 1 aliphatic rings. The lowest BCUT2D eigenvalue weighted by molar-refractivity contribution is -0.138. The predicted octanol–water partition coefficient (Wildman–Crippen LogP) is 2.31. The minimum Gasteiger partial charge on any atom is -0.493 e. The summed E-state index contributed by atoms with van der Waals surface area (Å²) in [5.74, 6) is 0.166. The quantitative estimate of drug-likeness (QED) is 0.889. The van der Waals surface area contributed by atoms with Gasteiger partial charge in [-0.1, -0.05) is 0 Å². The number of carboxylic acids is 1. The van der Waals surface area contributed by atoms with Crippen LogP contribution >= 0.6 is 0 Å². The third-order valence-corrected chi connectivity index (χ3v) is 3.55. The first-order valence-corrected chi connectivity index (χ1v) is 6.11. The summed E-state index contributed by atoms with van der Waals surface area (Å²) in [7, 11) is 1.93. The first-order valence-electron chi connectivity index (χ1n) is 6.11. The van der Waals surface area contributed by atoms with Crippen LogP contribution in [0.5, 0.6) is 5.75 Å². The van der Waals surface area contributed by atoms with Gasteiger partial charge < -0.3 is 14.7 Å². The Labute approximate surface area is 107 Å². The zero-order valence-electron chi connectivity index (χ0n) is 11.1. The molecule has 2 rings (SSSR count). The van der Waals surface area contributed by atoms with E-state index in [0.717, 1.165) is 24.5 Å². The monoisotopic (exact) mass is 249 g/mol. The molecule has 1 aromatic rings. The van der Waals surface area contributed by atoms with Crippen molar-refractivity contribution < 1.29 is 14.6 Å². The Bertz CT molecular complexity index is 468. The van der Waals surface area contributed by atoms with Crippen LogP contribution in [0.3, 0.4) is 0 Å². The van der Waals surface area contributed by atoms with Gasteiger partial charge in [-0.15, -0.1) is 0 Å². The number of nitrogens with zero attached hydrogens (tertiary/aromatic N) is 1. The van der Waals surface area contributed by atoms with E-state index in [1.54, 1.807) is 0 Å². The third-order valence-electron chi connectivity index (χ3n) is 3.55. The summed E-state index contributed by atoms with van der Waals surface area (Å²) in [5.41, 5.74) is 1.82. The van der Waals surface area contributed by atoms with Gasteiger partial charge in [0.2, 0.25) is 0 Å². The van der Waals surface area contributed by atoms with E-state index in [1.807, 2.05) is 37.9 Å². The zero-order chi connectivity index (χ0) is 13.3. The molecule has 98 valence electrons. The van der Waals surface area contributed by atoms with Gasteiger partial charge in [0, 0.05) is 24.7 Å². The van der Waals surface area contributed by atoms with Crippen molar-refractivity contribution in [2.75, 3.05) is 18.6 Å². The fourth-order valence-electron chi connectivity index (χ4n) is 2.22. The second-order valence-electron chi connectivity index (χ2n) is 5.33. The summed E-state index contributed by atoms with van der Waals surface area (Å²) in [4.78, 5) is 12.9. The van der Waals surface area contributed by atoms with E-state index in [2.05, 4.69) is 6.07 Å². The predicted molar refractivity (Wildman–Crippen MR) is 70.4 cm³/mol. The molecule has 0 atom stereocenters. The van der Waals surface area contributed by atoms with Crippen LogP contribution in [0, 0.1) is 0 Å². The number of carboxylic acid groups (broad SMARTS) is 1. The van der Waals surface area contributed by atoms with Crippen LogP contribution in [0.1, 0.15) is 25.8 Å². The lowest BCUT2D eigenvalue weighted by Crippen LogP contribution is -2.43.